The summed E-state index contributed by atoms with van der Waals surface area (Å²) >= 11 is 0. The van der Waals surface area contributed by atoms with Gasteiger partial charge in [-0.1, -0.05) is 24.3 Å². The zero-order chi connectivity index (χ0) is 15.0. The van der Waals surface area contributed by atoms with Crippen molar-refractivity contribution in [3.63, 3.8) is 0 Å². The highest BCUT2D eigenvalue weighted by Crippen LogP contribution is 2.08. The van der Waals surface area contributed by atoms with Crippen LogP contribution in [0, 0.1) is 0 Å². The molecule has 5 nitrogen and oxygen atoms in total. The van der Waals surface area contributed by atoms with E-state index in [1.807, 2.05) is 38.4 Å². The molecule has 0 spiro atoms. The summed E-state index contributed by atoms with van der Waals surface area (Å²) in [6, 6.07) is 7.38. The number of benzene rings is 1. The molecule has 0 amide bonds. The Morgan fingerprint density at radius 1 is 1.20 bits per heavy atom. The molecule has 1 aromatic rings. The van der Waals surface area contributed by atoms with Gasteiger partial charge in [0.2, 0.25) is 10.0 Å². The minimum absolute atomic E-state index is 0.00845. The van der Waals surface area contributed by atoms with Gasteiger partial charge in [0.1, 0.15) is 0 Å². The maximum atomic E-state index is 11.9. The standard InChI is InChI=1S/C14H25N3O2S/c1-17(2)9-4-3-8-16-20(18,19)12-14-7-5-6-13(10-14)11-15/h5-7,10,16H,3-4,8-9,11-12,15H2,1-2H3. The largest absolute Gasteiger partial charge is 0.326 e. The smallest absolute Gasteiger partial charge is 0.215 e. The minimum Gasteiger partial charge on any atom is -0.326 e. The van der Waals surface area contributed by atoms with Crippen molar-refractivity contribution >= 4 is 10.0 Å². The normalized spacial score (nSPS) is 12.0. The van der Waals surface area contributed by atoms with Crippen molar-refractivity contribution in [3.8, 4) is 0 Å². The molecule has 0 aliphatic carbocycles. The maximum absolute atomic E-state index is 11.9. The number of hydrogen-bond acceptors (Lipinski definition) is 4. The molecule has 1 rings (SSSR count). The Balaban J connectivity index is 2.41. The van der Waals surface area contributed by atoms with E-state index >= 15 is 0 Å². The van der Waals surface area contributed by atoms with E-state index in [4.69, 9.17) is 5.73 Å². The Bertz CT molecular complexity index is 501. The second-order valence-electron chi connectivity index (χ2n) is 5.19. The molecule has 0 atom stereocenters. The molecule has 6 heteroatoms. The number of nitrogens with two attached hydrogens (primary N) is 1. The Morgan fingerprint density at radius 3 is 2.55 bits per heavy atom. The molecule has 0 saturated heterocycles. The van der Waals surface area contributed by atoms with Gasteiger partial charge in [0.05, 0.1) is 5.75 Å². The van der Waals surface area contributed by atoms with Crippen LogP contribution in [0.5, 0.6) is 0 Å². The highest BCUT2D eigenvalue weighted by Gasteiger charge is 2.10. The van der Waals surface area contributed by atoms with Crippen LogP contribution in [-0.4, -0.2) is 40.5 Å². The molecule has 114 valence electrons. The fourth-order valence-electron chi connectivity index (χ4n) is 1.90. The first-order chi connectivity index (χ1) is 9.43. The molecule has 0 aliphatic heterocycles. The Morgan fingerprint density at radius 2 is 1.90 bits per heavy atom. The number of sulfonamides is 1. The molecule has 1 aromatic carbocycles. The van der Waals surface area contributed by atoms with E-state index in [9.17, 15) is 8.42 Å². The second kappa shape index (κ2) is 8.36. The zero-order valence-corrected chi connectivity index (χ0v) is 13.1. The molecule has 0 radical (unpaired) electrons. The summed E-state index contributed by atoms with van der Waals surface area (Å²) < 4.78 is 26.5. The third-order valence-corrected chi connectivity index (χ3v) is 4.30. The fourth-order valence-corrected chi connectivity index (χ4v) is 3.07. The molecule has 20 heavy (non-hydrogen) atoms. The molecular formula is C14H25N3O2S. The molecule has 0 aliphatic rings. The third kappa shape index (κ3) is 7.00. The van der Waals surface area contributed by atoms with E-state index in [0.717, 1.165) is 30.5 Å². The van der Waals surface area contributed by atoms with Gasteiger partial charge in [-0.3, -0.25) is 0 Å². The highest BCUT2D eigenvalue weighted by atomic mass is 32.2. The predicted molar refractivity (Wildman–Crippen MR) is 82.7 cm³/mol. The average Bonchev–Trinajstić information content (AvgIpc) is 2.37. The van der Waals surface area contributed by atoms with Gasteiger partial charge in [-0.2, -0.15) is 0 Å². The van der Waals surface area contributed by atoms with Crippen LogP contribution in [0.2, 0.25) is 0 Å². The van der Waals surface area contributed by atoms with Crippen molar-refractivity contribution in [1.29, 1.82) is 0 Å². The van der Waals surface area contributed by atoms with Crippen molar-refractivity contribution < 1.29 is 8.42 Å². The van der Waals surface area contributed by atoms with Crippen molar-refractivity contribution in [1.82, 2.24) is 9.62 Å². The van der Waals surface area contributed by atoms with Crippen molar-refractivity contribution in [2.45, 2.75) is 25.1 Å². The monoisotopic (exact) mass is 299 g/mol. The molecule has 0 aromatic heterocycles. The van der Waals surface area contributed by atoms with E-state index in [-0.39, 0.29) is 5.75 Å². The van der Waals surface area contributed by atoms with Gasteiger partial charge in [-0.15, -0.1) is 0 Å². The second-order valence-corrected chi connectivity index (χ2v) is 6.99. The summed E-state index contributed by atoms with van der Waals surface area (Å²) in [4.78, 5) is 2.09. The highest BCUT2D eigenvalue weighted by molar-refractivity contribution is 7.88. The molecule has 0 bridgehead atoms. The van der Waals surface area contributed by atoms with Crippen LogP contribution in [0.25, 0.3) is 0 Å². The van der Waals surface area contributed by atoms with E-state index in [2.05, 4.69) is 9.62 Å². The topological polar surface area (TPSA) is 75.4 Å². The summed E-state index contributed by atoms with van der Waals surface area (Å²) in [6.45, 7) is 1.89. The number of nitrogens with one attached hydrogen (secondary N) is 1. The molecule has 0 unspecified atom stereocenters. The molecule has 3 N–H and O–H groups in total. The first-order valence-corrected chi connectivity index (χ1v) is 8.48. The van der Waals surface area contributed by atoms with Gasteiger partial charge >= 0.3 is 0 Å². The third-order valence-electron chi connectivity index (χ3n) is 2.94. The summed E-state index contributed by atoms with van der Waals surface area (Å²) in [5.41, 5.74) is 7.27. The minimum atomic E-state index is -3.26. The lowest BCUT2D eigenvalue weighted by Gasteiger charge is -2.10. The first-order valence-electron chi connectivity index (χ1n) is 6.83. The van der Waals surface area contributed by atoms with Crippen LogP contribution < -0.4 is 10.5 Å². The predicted octanol–water partition coefficient (Wildman–Crippen LogP) is 0.907. The summed E-state index contributed by atoms with van der Waals surface area (Å²) in [6.07, 6.45) is 1.83. The SMILES string of the molecule is CN(C)CCCCNS(=O)(=O)Cc1cccc(CN)c1. The number of hydrogen-bond donors (Lipinski definition) is 2. The van der Waals surface area contributed by atoms with Gasteiger partial charge in [-0.25, -0.2) is 13.1 Å². The van der Waals surface area contributed by atoms with Crippen LogP contribution in [0.3, 0.4) is 0 Å². The first kappa shape index (κ1) is 17.1. The van der Waals surface area contributed by atoms with Crippen LogP contribution in [0.4, 0.5) is 0 Å². The summed E-state index contributed by atoms with van der Waals surface area (Å²) in [7, 11) is 0.752. The fraction of sp³-hybridized carbons (Fsp3) is 0.571. The summed E-state index contributed by atoms with van der Waals surface area (Å²) in [5, 5.41) is 0. The van der Waals surface area contributed by atoms with Gasteiger partial charge < -0.3 is 10.6 Å². The van der Waals surface area contributed by atoms with E-state index in [1.54, 1.807) is 0 Å². The van der Waals surface area contributed by atoms with Gasteiger partial charge in [-0.05, 0) is 44.6 Å². The lowest BCUT2D eigenvalue weighted by Crippen LogP contribution is -2.26. The Hall–Kier alpha value is -0.950. The lowest BCUT2D eigenvalue weighted by molar-refractivity contribution is 0.394. The quantitative estimate of drug-likeness (QED) is 0.665. The van der Waals surface area contributed by atoms with E-state index in [1.165, 1.54) is 0 Å². The number of nitrogens with zero attached hydrogens (tertiary/aromatic N) is 1. The van der Waals surface area contributed by atoms with Crippen LogP contribution in [0.15, 0.2) is 24.3 Å². The number of unbranched alkanes of at least 4 members (excludes halogenated alkanes) is 1. The van der Waals surface area contributed by atoms with Gasteiger partial charge in [0.25, 0.3) is 0 Å². The lowest BCUT2D eigenvalue weighted by atomic mass is 10.1. The van der Waals surface area contributed by atoms with Gasteiger partial charge in [0, 0.05) is 13.1 Å². The van der Waals surface area contributed by atoms with Gasteiger partial charge in [0.15, 0.2) is 0 Å². The van der Waals surface area contributed by atoms with E-state index in [0.29, 0.717) is 13.1 Å². The maximum Gasteiger partial charge on any atom is 0.215 e. The zero-order valence-electron chi connectivity index (χ0n) is 12.3. The van der Waals surface area contributed by atoms with Crippen LogP contribution in [-0.2, 0) is 22.3 Å². The molecule has 0 fully saturated rings. The van der Waals surface area contributed by atoms with Crippen LogP contribution >= 0.6 is 0 Å². The Labute approximate surface area is 122 Å². The van der Waals surface area contributed by atoms with Crippen molar-refractivity contribution in [3.05, 3.63) is 35.4 Å². The summed E-state index contributed by atoms with van der Waals surface area (Å²) in [5.74, 6) is 0.00845. The number of rotatable bonds is 9. The Kier molecular flexibility index (Phi) is 7.15. The average molecular weight is 299 g/mol. The van der Waals surface area contributed by atoms with Crippen molar-refractivity contribution in [2.75, 3.05) is 27.2 Å². The van der Waals surface area contributed by atoms with E-state index < -0.39 is 10.0 Å². The molecular weight excluding hydrogens is 274 g/mol. The molecule has 0 saturated carbocycles. The van der Waals surface area contributed by atoms with Crippen molar-refractivity contribution in [2.24, 2.45) is 5.73 Å². The van der Waals surface area contributed by atoms with Crippen LogP contribution in [0.1, 0.15) is 24.0 Å². The molecule has 0 heterocycles.